The molecule has 17 heavy (non-hydrogen) atoms. The molecule has 1 rings (SSSR count). The Morgan fingerprint density at radius 1 is 1.29 bits per heavy atom. The number of anilines is 1. The molecule has 1 aromatic rings. The minimum Gasteiger partial charge on any atom is -0.495 e. The van der Waals surface area contributed by atoms with E-state index in [1.807, 2.05) is 24.9 Å². The molecule has 92 valence electrons. The second-order valence-electron chi connectivity index (χ2n) is 4.50. The molecule has 0 spiro atoms. The Bertz CT molecular complexity index is 421. The van der Waals surface area contributed by atoms with Crippen molar-refractivity contribution in [1.29, 1.82) is 5.26 Å². The molecule has 3 nitrogen and oxygen atoms in total. The zero-order valence-electron chi connectivity index (χ0n) is 11.2. The topological polar surface area (TPSA) is 36.3 Å². The highest BCUT2D eigenvalue weighted by molar-refractivity contribution is 5.61. The Balaban J connectivity index is 3.19. The first kappa shape index (κ1) is 13.4. The van der Waals surface area contributed by atoms with Gasteiger partial charge in [-0.15, -0.1) is 0 Å². The van der Waals surface area contributed by atoms with Crippen molar-refractivity contribution < 1.29 is 4.74 Å². The summed E-state index contributed by atoms with van der Waals surface area (Å²) in [4.78, 5) is 1.94. The fourth-order valence-corrected chi connectivity index (χ4v) is 1.64. The summed E-state index contributed by atoms with van der Waals surface area (Å²) in [5.74, 6) is 1.27. The smallest absolute Gasteiger partial charge is 0.142 e. The number of nitriles is 1. The van der Waals surface area contributed by atoms with Crippen LogP contribution in [0.25, 0.3) is 0 Å². The standard InChI is InChI=1S/C14H20N2O/c1-10(2)12-6-7-14(17-5)13(8-12)16(4)11(3)9-15/h6-8,10-11H,1-5H3. The number of ether oxygens (including phenoxy) is 1. The predicted molar refractivity (Wildman–Crippen MR) is 70.6 cm³/mol. The van der Waals surface area contributed by atoms with Crippen LogP contribution in [-0.2, 0) is 0 Å². The van der Waals surface area contributed by atoms with Crippen molar-refractivity contribution >= 4 is 5.69 Å². The highest BCUT2D eigenvalue weighted by Crippen LogP contribution is 2.31. The Morgan fingerprint density at radius 3 is 2.41 bits per heavy atom. The zero-order valence-corrected chi connectivity index (χ0v) is 11.2. The Labute approximate surface area is 104 Å². The lowest BCUT2D eigenvalue weighted by atomic mass is 10.0. The average Bonchev–Trinajstić information content (AvgIpc) is 2.35. The Morgan fingerprint density at radius 2 is 1.94 bits per heavy atom. The molecule has 0 saturated carbocycles. The van der Waals surface area contributed by atoms with Crippen molar-refractivity contribution in [2.24, 2.45) is 0 Å². The van der Waals surface area contributed by atoms with Gasteiger partial charge in [0.25, 0.3) is 0 Å². The lowest BCUT2D eigenvalue weighted by molar-refractivity contribution is 0.414. The summed E-state index contributed by atoms with van der Waals surface area (Å²) in [6.45, 7) is 6.18. The maximum atomic E-state index is 8.98. The van der Waals surface area contributed by atoms with Crippen LogP contribution >= 0.6 is 0 Å². The van der Waals surface area contributed by atoms with Crippen molar-refractivity contribution in [2.45, 2.75) is 32.7 Å². The molecule has 0 aliphatic carbocycles. The number of methoxy groups -OCH3 is 1. The fraction of sp³-hybridized carbons (Fsp3) is 0.500. The van der Waals surface area contributed by atoms with Crippen LogP contribution in [0.15, 0.2) is 18.2 Å². The molecule has 0 N–H and O–H groups in total. The van der Waals surface area contributed by atoms with E-state index in [2.05, 4.69) is 32.0 Å². The van der Waals surface area contributed by atoms with Gasteiger partial charge in [-0.25, -0.2) is 0 Å². The third-order valence-electron chi connectivity index (χ3n) is 3.02. The summed E-state index contributed by atoms with van der Waals surface area (Å²) in [6.07, 6.45) is 0. The van der Waals surface area contributed by atoms with Crippen LogP contribution < -0.4 is 9.64 Å². The molecule has 0 bridgehead atoms. The minimum absolute atomic E-state index is 0.175. The van der Waals surface area contributed by atoms with Crippen molar-refractivity contribution in [2.75, 3.05) is 19.1 Å². The van der Waals surface area contributed by atoms with Gasteiger partial charge in [-0.1, -0.05) is 19.9 Å². The van der Waals surface area contributed by atoms with Crippen LogP contribution in [0, 0.1) is 11.3 Å². The SMILES string of the molecule is COc1ccc(C(C)C)cc1N(C)C(C)C#N. The normalized spacial score (nSPS) is 12.1. The van der Waals surface area contributed by atoms with Gasteiger partial charge in [0.2, 0.25) is 0 Å². The van der Waals surface area contributed by atoms with Crippen LogP contribution in [0.1, 0.15) is 32.3 Å². The van der Waals surface area contributed by atoms with E-state index in [1.165, 1.54) is 5.56 Å². The number of hydrogen-bond acceptors (Lipinski definition) is 3. The summed E-state index contributed by atoms with van der Waals surface area (Å²) in [5, 5.41) is 8.98. The second kappa shape index (κ2) is 5.58. The molecule has 0 heterocycles. The zero-order chi connectivity index (χ0) is 13.0. The van der Waals surface area contributed by atoms with Gasteiger partial charge < -0.3 is 9.64 Å². The number of nitrogens with zero attached hydrogens (tertiary/aromatic N) is 2. The van der Waals surface area contributed by atoms with Gasteiger partial charge in [-0.2, -0.15) is 5.26 Å². The van der Waals surface area contributed by atoms with Crippen molar-refractivity contribution in [3.8, 4) is 11.8 Å². The van der Waals surface area contributed by atoms with Gasteiger partial charge in [0.15, 0.2) is 0 Å². The maximum absolute atomic E-state index is 8.98. The van der Waals surface area contributed by atoms with Crippen LogP contribution in [0.3, 0.4) is 0 Å². The van der Waals surface area contributed by atoms with Crippen LogP contribution in [0.4, 0.5) is 5.69 Å². The van der Waals surface area contributed by atoms with Gasteiger partial charge in [-0.3, -0.25) is 0 Å². The molecule has 1 unspecified atom stereocenters. The first-order valence-electron chi connectivity index (χ1n) is 5.81. The molecule has 0 aliphatic rings. The van der Waals surface area contributed by atoms with E-state index in [1.54, 1.807) is 7.11 Å². The molecular formula is C14H20N2O. The molecule has 1 aromatic carbocycles. The molecule has 0 aromatic heterocycles. The van der Waals surface area contributed by atoms with E-state index in [9.17, 15) is 0 Å². The summed E-state index contributed by atoms with van der Waals surface area (Å²) in [6, 6.07) is 8.18. The largest absolute Gasteiger partial charge is 0.495 e. The van der Waals surface area contributed by atoms with Crippen molar-refractivity contribution in [3.05, 3.63) is 23.8 Å². The summed E-state index contributed by atoms with van der Waals surface area (Å²) in [5.41, 5.74) is 2.21. The summed E-state index contributed by atoms with van der Waals surface area (Å²) < 4.78 is 5.34. The number of benzene rings is 1. The highest BCUT2D eigenvalue weighted by atomic mass is 16.5. The van der Waals surface area contributed by atoms with Crippen LogP contribution in [0.2, 0.25) is 0 Å². The van der Waals surface area contributed by atoms with E-state index in [0.717, 1.165) is 11.4 Å². The quantitative estimate of drug-likeness (QED) is 0.800. The van der Waals surface area contributed by atoms with Gasteiger partial charge in [-0.05, 0) is 30.5 Å². The van der Waals surface area contributed by atoms with Gasteiger partial charge in [0.1, 0.15) is 11.8 Å². The number of hydrogen-bond donors (Lipinski definition) is 0. The first-order valence-corrected chi connectivity index (χ1v) is 5.81. The molecule has 0 amide bonds. The molecule has 0 radical (unpaired) electrons. The highest BCUT2D eigenvalue weighted by Gasteiger charge is 2.15. The second-order valence-corrected chi connectivity index (χ2v) is 4.50. The van der Waals surface area contributed by atoms with Gasteiger partial charge >= 0.3 is 0 Å². The molecule has 1 atom stereocenters. The molecular weight excluding hydrogens is 212 g/mol. The average molecular weight is 232 g/mol. The first-order chi connectivity index (χ1) is 8.01. The van der Waals surface area contributed by atoms with E-state index in [0.29, 0.717) is 5.92 Å². The maximum Gasteiger partial charge on any atom is 0.142 e. The predicted octanol–water partition coefficient (Wildman–Crippen LogP) is 3.17. The summed E-state index contributed by atoms with van der Waals surface area (Å²) >= 11 is 0. The van der Waals surface area contributed by atoms with E-state index >= 15 is 0 Å². The Kier molecular flexibility index (Phi) is 4.39. The van der Waals surface area contributed by atoms with Crippen LogP contribution in [0.5, 0.6) is 5.75 Å². The molecule has 0 fully saturated rings. The minimum atomic E-state index is -0.175. The lowest BCUT2D eigenvalue weighted by Crippen LogP contribution is -2.27. The van der Waals surface area contributed by atoms with Gasteiger partial charge in [0.05, 0.1) is 18.9 Å². The third-order valence-corrected chi connectivity index (χ3v) is 3.02. The summed E-state index contributed by atoms with van der Waals surface area (Å²) in [7, 11) is 3.56. The fourth-order valence-electron chi connectivity index (χ4n) is 1.64. The molecule has 0 saturated heterocycles. The third kappa shape index (κ3) is 2.91. The van der Waals surface area contributed by atoms with Crippen molar-refractivity contribution in [1.82, 2.24) is 0 Å². The van der Waals surface area contributed by atoms with E-state index < -0.39 is 0 Å². The molecule has 3 heteroatoms. The monoisotopic (exact) mass is 232 g/mol. The van der Waals surface area contributed by atoms with Crippen molar-refractivity contribution in [3.63, 3.8) is 0 Å². The Hall–Kier alpha value is -1.69. The van der Waals surface area contributed by atoms with Crippen LogP contribution in [-0.4, -0.2) is 20.2 Å². The van der Waals surface area contributed by atoms with E-state index in [-0.39, 0.29) is 6.04 Å². The van der Waals surface area contributed by atoms with Gasteiger partial charge in [0, 0.05) is 7.05 Å². The molecule has 0 aliphatic heterocycles. The van der Waals surface area contributed by atoms with E-state index in [4.69, 9.17) is 10.00 Å². The number of rotatable bonds is 4. The lowest BCUT2D eigenvalue weighted by Gasteiger charge is -2.25.